The Labute approximate surface area is 119 Å². The lowest BCUT2D eigenvalue weighted by Gasteiger charge is -2.15. The Kier molecular flexibility index (Phi) is 4.71. The molecule has 0 bridgehead atoms. The molecule has 1 aliphatic heterocycles. The topological polar surface area (TPSA) is 62.3 Å². The van der Waals surface area contributed by atoms with E-state index in [1.165, 1.54) is 0 Å². The first-order valence-electron chi connectivity index (χ1n) is 7.12. The molecule has 0 aromatic carbocycles. The quantitative estimate of drug-likeness (QED) is 0.893. The third-order valence-corrected chi connectivity index (χ3v) is 3.51. The molecule has 1 unspecified atom stereocenters. The first-order valence-corrected chi connectivity index (χ1v) is 7.12. The molecule has 1 aromatic rings. The molecule has 5 nitrogen and oxygen atoms in total. The number of pyridine rings is 1. The van der Waals surface area contributed by atoms with Gasteiger partial charge in [-0.1, -0.05) is 19.4 Å². The minimum atomic E-state index is -0.262. The van der Waals surface area contributed by atoms with E-state index in [1.807, 2.05) is 19.1 Å². The van der Waals surface area contributed by atoms with Crippen molar-refractivity contribution in [2.24, 2.45) is 5.92 Å². The van der Waals surface area contributed by atoms with Crippen molar-refractivity contribution in [1.29, 1.82) is 0 Å². The number of nitrogens with zero attached hydrogens (tertiary/aromatic N) is 2. The molecule has 2 amide bonds. The van der Waals surface area contributed by atoms with Gasteiger partial charge >= 0.3 is 0 Å². The number of likely N-dealkylation sites (tertiary alicyclic amines) is 1. The zero-order valence-electron chi connectivity index (χ0n) is 12.1. The fourth-order valence-electron chi connectivity index (χ4n) is 2.35. The van der Waals surface area contributed by atoms with Gasteiger partial charge in [0.2, 0.25) is 11.8 Å². The number of aryl methyl sites for hydroxylation is 1. The maximum absolute atomic E-state index is 12.2. The molecular weight excluding hydrogens is 254 g/mol. The first kappa shape index (κ1) is 14.5. The van der Waals surface area contributed by atoms with Crippen LogP contribution in [0.3, 0.4) is 0 Å². The van der Waals surface area contributed by atoms with E-state index >= 15 is 0 Å². The lowest BCUT2D eigenvalue weighted by molar-refractivity contribution is -0.128. The Hall–Kier alpha value is -1.91. The van der Waals surface area contributed by atoms with Crippen LogP contribution < -0.4 is 5.32 Å². The Morgan fingerprint density at radius 3 is 3.00 bits per heavy atom. The summed E-state index contributed by atoms with van der Waals surface area (Å²) in [5.41, 5.74) is 0.856. The van der Waals surface area contributed by atoms with E-state index in [1.54, 1.807) is 11.0 Å². The SMILES string of the molecule is CCCCN1CC(C(=O)Nc2cccc(C)n2)CC1=O. The van der Waals surface area contributed by atoms with Crippen LogP contribution in [0.1, 0.15) is 31.9 Å². The molecule has 108 valence electrons. The van der Waals surface area contributed by atoms with Crippen molar-refractivity contribution in [3.63, 3.8) is 0 Å². The molecule has 1 N–H and O–H groups in total. The first-order chi connectivity index (χ1) is 9.60. The normalized spacial score (nSPS) is 18.4. The van der Waals surface area contributed by atoms with Gasteiger partial charge in [0.1, 0.15) is 5.82 Å². The molecule has 2 heterocycles. The van der Waals surface area contributed by atoms with E-state index < -0.39 is 0 Å². The number of nitrogens with one attached hydrogen (secondary N) is 1. The number of carbonyl (C=O) groups is 2. The van der Waals surface area contributed by atoms with Crippen molar-refractivity contribution in [1.82, 2.24) is 9.88 Å². The highest BCUT2D eigenvalue weighted by molar-refractivity contribution is 5.96. The highest BCUT2D eigenvalue weighted by atomic mass is 16.2. The zero-order chi connectivity index (χ0) is 14.5. The van der Waals surface area contributed by atoms with Crippen LogP contribution in [0.25, 0.3) is 0 Å². The van der Waals surface area contributed by atoms with Gasteiger partial charge in [-0.05, 0) is 25.5 Å². The summed E-state index contributed by atoms with van der Waals surface area (Å²) in [6.07, 6.45) is 2.34. The third kappa shape index (κ3) is 3.56. The molecule has 20 heavy (non-hydrogen) atoms. The highest BCUT2D eigenvalue weighted by Gasteiger charge is 2.33. The molecule has 1 fully saturated rings. The van der Waals surface area contributed by atoms with Crippen LogP contribution >= 0.6 is 0 Å². The van der Waals surface area contributed by atoms with Crippen LogP contribution in [0.4, 0.5) is 5.82 Å². The highest BCUT2D eigenvalue weighted by Crippen LogP contribution is 2.20. The molecule has 0 spiro atoms. The second-order valence-electron chi connectivity index (χ2n) is 5.25. The average molecular weight is 275 g/mol. The molecule has 2 rings (SSSR count). The summed E-state index contributed by atoms with van der Waals surface area (Å²) < 4.78 is 0. The smallest absolute Gasteiger partial charge is 0.230 e. The summed E-state index contributed by atoms with van der Waals surface area (Å²) >= 11 is 0. The zero-order valence-corrected chi connectivity index (χ0v) is 12.1. The van der Waals surface area contributed by atoms with E-state index in [9.17, 15) is 9.59 Å². The molecular formula is C15H21N3O2. The number of rotatable bonds is 5. The monoisotopic (exact) mass is 275 g/mol. The van der Waals surface area contributed by atoms with Crippen molar-refractivity contribution < 1.29 is 9.59 Å². The molecule has 1 atom stereocenters. The fraction of sp³-hybridized carbons (Fsp3) is 0.533. The van der Waals surface area contributed by atoms with Crippen LogP contribution in [0.2, 0.25) is 0 Å². The second-order valence-corrected chi connectivity index (χ2v) is 5.25. The predicted molar refractivity (Wildman–Crippen MR) is 77.2 cm³/mol. The lowest BCUT2D eigenvalue weighted by Crippen LogP contribution is -2.29. The number of aromatic nitrogens is 1. The molecule has 5 heteroatoms. The Morgan fingerprint density at radius 2 is 2.30 bits per heavy atom. The van der Waals surface area contributed by atoms with Crippen molar-refractivity contribution in [2.75, 3.05) is 18.4 Å². The summed E-state index contributed by atoms with van der Waals surface area (Å²) in [5.74, 6) is 0.252. The van der Waals surface area contributed by atoms with E-state index in [0.717, 1.165) is 25.1 Å². The van der Waals surface area contributed by atoms with Crippen molar-refractivity contribution >= 4 is 17.6 Å². The number of carbonyl (C=O) groups excluding carboxylic acids is 2. The van der Waals surface area contributed by atoms with Crippen LogP contribution in [-0.4, -0.2) is 34.8 Å². The molecule has 1 saturated heterocycles. The fourth-order valence-corrected chi connectivity index (χ4v) is 2.35. The van der Waals surface area contributed by atoms with Gasteiger partial charge in [-0.2, -0.15) is 0 Å². The number of amides is 2. The van der Waals surface area contributed by atoms with Gasteiger partial charge in [-0.3, -0.25) is 9.59 Å². The number of hydrogen-bond donors (Lipinski definition) is 1. The maximum atomic E-state index is 12.2. The molecule has 0 aliphatic carbocycles. The number of unbranched alkanes of at least 4 members (excludes halogenated alkanes) is 1. The van der Waals surface area contributed by atoms with Gasteiger partial charge in [0.25, 0.3) is 0 Å². The largest absolute Gasteiger partial charge is 0.342 e. The minimum Gasteiger partial charge on any atom is -0.342 e. The van der Waals surface area contributed by atoms with Gasteiger partial charge < -0.3 is 10.2 Å². The van der Waals surface area contributed by atoms with Gasteiger partial charge in [-0.15, -0.1) is 0 Å². The van der Waals surface area contributed by atoms with Gasteiger partial charge in [0.15, 0.2) is 0 Å². The van der Waals surface area contributed by atoms with Crippen LogP contribution in [0.15, 0.2) is 18.2 Å². The molecule has 1 aromatic heterocycles. The summed E-state index contributed by atoms with van der Waals surface area (Å²) in [6.45, 7) is 5.24. The van der Waals surface area contributed by atoms with E-state index in [4.69, 9.17) is 0 Å². The van der Waals surface area contributed by atoms with Crippen LogP contribution in [0, 0.1) is 12.8 Å². The maximum Gasteiger partial charge on any atom is 0.230 e. The lowest BCUT2D eigenvalue weighted by atomic mass is 10.1. The van der Waals surface area contributed by atoms with E-state index in [2.05, 4.69) is 17.2 Å². The summed E-state index contributed by atoms with van der Waals surface area (Å²) in [4.78, 5) is 30.0. The summed E-state index contributed by atoms with van der Waals surface area (Å²) in [7, 11) is 0. The van der Waals surface area contributed by atoms with Gasteiger partial charge in [-0.25, -0.2) is 4.98 Å². The van der Waals surface area contributed by atoms with Crippen molar-refractivity contribution in [3.05, 3.63) is 23.9 Å². The number of anilines is 1. The van der Waals surface area contributed by atoms with E-state index in [0.29, 0.717) is 18.8 Å². The summed E-state index contributed by atoms with van der Waals surface area (Å²) in [6, 6.07) is 5.49. The van der Waals surface area contributed by atoms with Crippen molar-refractivity contribution in [3.8, 4) is 0 Å². The second kappa shape index (κ2) is 6.50. The van der Waals surface area contributed by atoms with Crippen molar-refractivity contribution in [2.45, 2.75) is 33.1 Å². The summed E-state index contributed by atoms with van der Waals surface area (Å²) in [5, 5.41) is 2.79. The molecule has 0 saturated carbocycles. The van der Waals surface area contributed by atoms with Gasteiger partial charge in [0.05, 0.1) is 5.92 Å². The molecule has 0 radical (unpaired) electrons. The van der Waals surface area contributed by atoms with Gasteiger partial charge in [0, 0.05) is 25.2 Å². The standard InChI is InChI=1S/C15H21N3O2/c1-3-4-8-18-10-12(9-14(18)19)15(20)17-13-7-5-6-11(2)16-13/h5-7,12H,3-4,8-10H2,1-2H3,(H,16,17,20). The molecule has 1 aliphatic rings. The minimum absolute atomic E-state index is 0.0794. The predicted octanol–water partition coefficient (Wildman–Crippen LogP) is 1.98. The number of hydrogen-bond acceptors (Lipinski definition) is 3. The van der Waals surface area contributed by atoms with E-state index in [-0.39, 0.29) is 17.7 Å². The Morgan fingerprint density at radius 1 is 1.50 bits per heavy atom. The Balaban J connectivity index is 1.92. The van der Waals surface area contributed by atoms with Crippen LogP contribution in [-0.2, 0) is 9.59 Å². The Bertz CT molecular complexity index is 502. The third-order valence-electron chi connectivity index (χ3n) is 3.51. The average Bonchev–Trinajstić information content (AvgIpc) is 2.78. The van der Waals surface area contributed by atoms with Crippen LogP contribution in [0.5, 0.6) is 0 Å².